The highest BCUT2D eigenvalue weighted by Gasteiger charge is 2.08. The zero-order valence-electron chi connectivity index (χ0n) is 8.31. The number of hydrogen-bond donors (Lipinski definition) is 1. The molecule has 1 aromatic heterocycles. The van der Waals surface area contributed by atoms with Gasteiger partial charge in [-0.25, -0.2) is 0 Å². The molecule has 0 amide bonds. The van der Waals surface area contributed by atoms with Gasteiger partial charge in [0.05, 0.1) is 14.5 Å². The molecule has 0 unspecified atom stereocenters. The third-order valence-electron chi connectivity index (χ3n) is 2.68. The van der Waals surface area contributed by atoms with Gasteiger partial charge in [0.1, 0.15) is 5.75 Å². The van der Waals surface area contributed by atoms with E-state index in [0.717, 1.165) is 25.2 Å². The second-order valence-electron chi connectivity index (χ2n) is 3.64. The van der Waals surface area contributed by atoms with Crippen LogP contribution in [-0.4, -0.2) is 10.1 Å². The van der Waals surface area contributed by atoms with Crippen molar-refractivity contribution in [2.45, 2.75) is 0 Å². The minimum Gasteiger partial charge on any atom is -0.506 e. The Morgan fingerprint density at radius 3 is 2.75 bits per heavy atom. The van der Waals surface area contributed by atoms with Crippen LogP contribution in [0.5, 0.6) is 5.75 Å². The van der Waals surface area contributed by atoms with Crippen LogP contribution in [0.1, 0.15) is 0 Å². The summed E-state index contributed by atoms with van der Waals surface area (Å²) in [5, 5.41) is 13.0. The van der Waals surface area contributed by atoms with Gasteiger partial charge in [-0.3, -0.25) is 4.98 Å². The van der Waals surface area contributed by atoms with Crippen molar-refractivity contribution >= 4 is 44.3 Å². The molecule has 0 saturated heterocycles. The third-order valence-corrected chi connectivity index (χ3v) is 3.55. The van der Waals surface area contributed by atoms with Crippen molar-refractivity contribution in [2.75, 3.05) is 0 Å². The lowest BCUT2D eigenvalue weighted by molar-refractivity contribution is 0.478. The van der Waals surface area contributed by atoms with E-state index in [1.807, 2.05) is 42.6 Å². The Morgan fingerprint density at radius 1 is 1.06 bits per heavy atom. The highest BCUT2D eigenvalue weighted by Crippen LogP contribution is 2.33. The molecule has 0 bridgehead atoms. The summed E-state index contributed by atoms with van der Waals surface area (Å²) in [6.07, 6.45) is 1.84. The lowest BCUT2D eigenvalue weighted by Gasteiger charge is -2.06. The second kappa shape index (κ2) is 3.59. The topological polar surface area (TPSA) is 33.1 Å². The van der Waals surface area contributed by atoms with Crippen LogP contribution >= 0.6 is 22.6 Å². The van der Waals surface area contributed by atoms with Crippen LogP contribution in [0.3, 0.4) is 0 Å². The summed E-state index contributed by atoms with van der Waals surface area (Å²) in [5.41, 5.74) is 0.830. The molecule has 16 heavy (non-hydrogen) atoms. The zero-order valence-corrected chi connectivity index (χ0v) is 10.5. The molecular formula is C13H8INO. The molecule has 0 atom stereocenters. The van der Waals surface area contributed by atoms with Crippen LogP contribution in [0.4, 0.5) is 0 Å². The van der Waals surface area contributed by atoms with Gasteiger partial charge in [-0.2, -0.15) is 0 Å². The maximum atomic E-state index is 10.1. The first-order chi connectivity index (χ1) is 7.77. The summed E-state index contributed by atoms with van der Waals surface area (Å²) >= 11 is 2.13. The fourth-order valence-electron chi connectivity index (χ4n) is 1.90. The Balaban J connectivity index is 2.63. The van der Waals surface area contributed by atoms with Gasteiger partial charge in [-0.05, 0) is 40.1 Å². The normalized spacial score (nSPS) is 11.1. The van der Waals surface area contributed by atoms with Crippen LogP contribution in [0.25, 0.3) is 21.7 Å². The maximum absolute atomic E-state index is 10.1. The number of halogens is 1. The monoisotopic (exact) mass is 321 g/mol. The lowest BCUT2D eigenvalue weighted by Crippen LogP contribution is -1.84. The number of rotatable bonds is 0. The first-order valence-corrected chi connectivity index (χ1v) is 6.00. The number of phenolic OH excluding ortho intramolecular Hbond substituents is 1. The second-order valence-corrected chi connectivity index (χ2v) is 4.80. The first kappa shape index (κ1) is 9.84. The summed E-state index contributed by atoms with van der Waals surface area (Å²) in [7, 11) is 0. The molecule has 1 N–H and O–H groups in total. The number of phenols is 1. The molecule has 0 fully saturated rings. The standard InChI is InChI=1S/C13H8INO/c14-10-5-6-11-12(13(10)16)9-4-2-1-3-8(9)7-15-11/h1-7,16H. The van der Waals surface area contributed by atoms with Gasteiger partial charge < -0.3 is 5.11 Å². The number of aromatic hydroxyl groups is 1. The van der Waals surface area contributed by atoms with Gasteiger partial charge in [0, 0.05) is 11.6 Å². The van der Waals surface area contributed by atoms with Crippen molar-refractivity contribution in [3.63, 3.8) is 0 Å². The molecule has 0 spiro atoms. The van der Waals surface area contributed by atoms with E-state index in [1.165, 1.54) is 0 Å². The van der Waals surface area contributed by atoms with E-state index < -0.39 is 0 Å². The molecular weight excluding hydrogens is 313 g/mol. The van der Waals surface area contributed by atoms with Crippen LogP contribution in [0, 0.1) is 3.57 Å². The van der Waals surface area contributed by atoms with E-state index in [2.05, 4.69) is 27.6 Å². The predicted octanol–water partition coefficient (Wildman–Crippen LogP) is 3.70. The quantitative estimate of drug-likeness (QED) is 0.506. The average molecular weight is 321 g/mol. The zero-order chi connectivity index (χ0) is 11.1. The van der Waals surface area contributed by atoms with Crippen molar-refractivity contribution in [1.82, 2.24) is 4.98 Å². The van der Waals surface area contributed by atoms with Crippen molar-refractivity contribution in [3.8, 4) is 5.75 Å². The third kappa shape index (κ3) is 1.35. The summed E-state index contributed by atoms with van der Waals surface area (Å²) in [4.78, 5) is 4.35. The molecule has 0 aliphatic carbocycles. The molecule has 1 heterocycles. The van der Waals surface area contributed by atoms with E-state index in [9.17, 15) is 5.11 Å². The lowest BCUT2D eigenvalue weighted by atomic mass is 10.1. The molecule has 3 aromatic rings. The number of nitrogens with zero attached hydrogens (tertiary/aromatic N) is 1. The fraction of sp³-hybridized carbons (Fsp3) is 0. The van der Waals surface area contributed by atoms with E-state index in [0.29, 0.717) is 5.75 Å². The summed E-state index contributed by atoms with van der Waals surface area (Å²) in [6, 6.07) is 11.8. The number of benzene rings is 2. The molecule has 0 aliphatic rings. The molecule has 3 rings (SSSR count). The minimum atomic E-state index is 0.322. The minimum absolute atomic E-state index is 0.322. The SMILES string of the molecule is Oc1c(I)ccc2ncc3ccccc3c12. The van der Waals surface area contributed by atoms with E-state index in [4.69, 9.17) is 0 Å². The molecule has 2 nitrogen and oxygen atoms in total. The van der Waals surface area contributed by atoms with Crippen molar-refractivity contribution in [1.29, 1.82) is 0 Å². The van der Waals surface area contributed by atoms with Crippen LogP contribution in [0.15, 0.2) is 42.6 Å². The number of fused-ring (bicyclic) bond motifs is 3. The Kier molecular flexibility index (Phi) is 2.21. The Bertz CT molecular complexity index is 694. The highest BCUT2D eigenvalue weighted by molar-refractivity contribution is 14.1. The van der Waals surface area contributed by atoms with Crippen molar-refractivity contribution in [2.24, 2.45) is 0 Å². The molecule has 2 aromatic carbocycles. The van der Waals surface area contributed by atoms with E-state index in [1.54, 1.807) is 0 Å². The first-order valence-electron chi connectivity index (χ1n) is 4.92. The summed E-state index contributed by atoms with van der Waals surface area (Å²) < 4.78 is 0.850. The van der Waals surface area contributed by atoms with E-state index in [-0.39, 0.29) is 0 Å². The number of pyridine rings is 1. The van der Waals surface area contributed by atoms with Gasteiger partial charge in [0.2, 0.25) is 0 Å². The Hall–Kier alpha value is -1.36. The van der Waals surface area contributed by atoms with Gasteiger partial charge in [0.15, 0.2) is 0 Å². The number of aromatic nitrogens is 1. The van der Waals surface area contributed by atoms with Crippen molar-refractivity contribution in [3.05, 3.63) is 46.2 Å². The largest absolute Gasteiger partial charge is 0.506 e. The molecule has 0 saturated carbocycles. The molecule has 0 aliphatic heterocycles. The molecule has 78 valence electrons. The smallest absolute Gasteiger partial charge is 0.138 e. The average Bonchev–Trinajstić information content (AvgIpc) is 2.33. The summed E-state index contributed by atoms with van der Waals surface area (Å²) in [6.45, 7) is 0. The Morgan fingerprint density at radius 2 is 1.88 bits per heavy atom. The Labute approximate surface area is 106 Å². The molecule has 0 radical (unpaired) electrons. The maximum Gasteiger partial charge on any atom is 0.138 e. The van der Waals surface area contributed by atoms with Gasteiger partial charge in [-0.1, -0.05) is 24.3 Å². The van der Waals surface area contributed by atoms with Gasteiger partial charge >= 0.3 is 0 Å². The molecule has 3 heteroatoms. The fourth-order valence-corrected chi connectivity index (χ4v) is 2.35. The van der Waals surface area contributed by atoms with E-state index >= 15 is 0 Å². The van der Waals surface area contributed by atoms with Gasteiger partial charge in [0.25, 0.3) is 0 Å². The van der Waals surface area contributed by atoms with Crippen molar-refractivity contribution < 1.29 is 5.11 Å². The number of hydrogen-bond acceptors (Lipinski definition) is 2. The van der Waals surface area contributed by atoms with Gasteiger partial charge in [-0.15, -0.1) is 0 Å². The van der Waals surface area contributed by atoms with Crippen LogP contribution in [-0.2, 0) is 0 Å². The van der Waals surface area contributed by atoms with Crippen LogP contribution < -0.4 is 0 Å². The predicted molar refractivity (Wildman–Crippen MR) is 73.6 cm³/mol. The van der Waals surface area contributed by atoms with Crippen LogP contribution in [0.2, 0.25) is 0 Å². The highest BCUT2D eigenvalue weighted by atomic mass is 127. The summed E-state index contributed by atoms with van der Waals surface area (Å²) in [5.74, 6) is 0.322.